The normalized spacial score (nSPS) is 13.0. The zero-order valence-corrected chi connectivity index (χ0v) is 17.4. The molecule has 4 rings (SSSR count). The summed E-state index contributed by atoms with van der Waals surface area (Å²) in [6, 6.07) is 21.6. The fourth-order valence-corrected chi connectivity index (χ4v) is 3.99. The Balaban J connectivity index is 1.74. The molecule has 0 aliphatic carbocycles. The highest BCUT2D eigenvalue weighted by atomic mass is 19.4. The Morgan fingerprint density at radius 2 is 1.36 bits per heavy atom. The van der Waals surface area contributed by atoms with Gasteiger partial charge in [0.15, 0.2) is 0 Å². The third kappa shape index (κ3) is 3.99. The minimum Gasteiger partial charge on any atom is -0.369 e. The summed E-state index contributed by atoms with van der Waals surface area (Å²) in [7, 11) is 0. The average molecular weight is 463 g/mol. The predicted molar refractivity (Wildman–Crippen MR) is 114 cm³/mol. The number of aliphatic hydroxyl groups is 1. The molecule has 1 heterocycles. The van der Waals surface area contributed by atoms with Crippen LogP contribution in [-0.2, 0) is 12.1 Å². The van der Waals surface area contributed by atoms with Crippen molar-refractivity contribution in [1.82, 2.24) is 4.57 Å². The first kappa shape index (κ1) is 22.9. The fraction of sp³-hybridized carbons (Fsp3) is 0.200. The number of hydrogen-bond acceptors (Lipinski definition) is 1. The smallest absolute Gasteiger partial charge is 0.369 e. The molecule has 0 atom stereocenters. The average Bonchev–Trinajstić information content (AvgIpc) is 3.06. The van der Waals surface area contributed by atoms with Crippen molar-refractivity contribution < 1.29 is 31.4 Å². The van der Waals surface area contributed by atoms with E-state index in [0.29, 0.717) is 23.8 Å². The van der Waals surface area contributed by atoms with Gasteiger partial charge in [0, 0.05) is 28.7 Å². The predicted octanol–water partition coefficient (Wildman–Crippen LogP) is 6.98. The number of hydrogen-bond donors (Lipinski definition) is 1. The molecule has 0 spiro atoms. The minimum absolute atomic E-state index is 0.177. The lowest BCUT2D eigenvalue weighted by Gasteiger charge is -2.32. The van der Waals surface area contributed by atoms with Crippen molar-refractivity contribution >= 4 is 10.9 Å². The van der Waals surface area contributed by atoms with Crippen molar-refractivity contribution in [3.8, 4) is 11.1 Å². The molecule has 33 heavy (non-hydrogen) atoms. The number of fused-ring (bicyclic) bond motifs is 1. The Bertz CT molecular complexity index is 1270. The van der Waals surface area contributed by atoms with E-state index in [0.717, 1.165) is 22.8 Å². The van der Waals surface area contributed by atoms with Gasteiger partial charge in [-0.1, -0.05) is 54.6 Å². The van der Waals surface area contributed by atoms with Gasteiger partial charge in [0.05, 0.1) is 0 Å². The van der Waals surface area contributed by atoms with Gasteiger partial charge in [-0.2, -0.15) is 26.3 Å². The van der Waals surface area contributed by atoms with Crippen LogP contribution in [0.3, 0.4) is 0 Å². The Morgan fingerprint density at radius 1 is 0.727 bits per heavy atom. The Kier molecular flexibility index (Phi) is 5.52. The first-order chi connectivity index (χ1) is 15.4. The lowest BCUT2D eigenvalue weighted by atomic mass is 9.91. The van der Waals surface area contributed by atoms with Gasteiger partial charge in [0.2, 0.25) is 0 Å². The number of halogens is 6. The van der Waals surface area contributed by atoms with Crippen LogP contribution in [0.5, 0.6) is 0 Å². The van der Waals surface area contributed by atoms with E-state index in [1.807, 2.05) is 59.2 Å². The summed E-state index contributed by atoms with van der Waals surface area (Å²) in [6.45, 7) is 2.10. The summed E-state index contributed by atoms with van der Waals surface area (Å²) in [6.07, 6.45) is -11.8. The first-order valence-electron chi connectivity index (χ1n) is 10.0. The largest absolute Gasteiger partial charge is 0.430 e. The van der Waals surface area contributed by atoms with Crippen molar-refractivity contribution in [2.24, 2.45) is 0 Å². The van der Waals surface area contributed by atoms with E-state index < -0.39 is 23.5 Å². The van der Waals surface area contributed by atoms with Gasteiger partial charge in [0.1, 0.15) is 0 Å². The molecule has 0 saturated carbocycles. The maximum absolute atomic E-state index is 13.3. The van der Waals surface area contributed by atoms with Crippen molar-refractivity contribution in [2.75, 3.05) is 0 Å². The van der Waals surface area contributed by atoms with E-state index in [2.05, 4.69) is 0 Å². The van der Waals surface area contributed by atoms with Gasteiger partial charge in [0.25, 0.3) is 5.60 Å². The maximum atomic E-state index is 13.3. The topological polar surface area (TPSA) is 25.2 Å². The van der Waals surface area contributed by atoms with Crippen molar-refractivity contribution in [3.63, 3.8) is 0 Å². The van der Waals surface area contributed by atoms with Crippen molar-refractivity contribution in [3.05, 3.63) is 95.7 Å². The fourth-order valence-electron chi connectivity index (χ4n) is 3.99. The summed E-state index contributed by atoms with van der Waals surface area (Å²) in [5.74, 6) is 0. The van der Waals surface area contributed by atoms with E-state index in [-0.39, 0.29) is 5.39 Å². The lowest BCUT2D eigenvalue weighted by Crippen LogP contribution is -2.53. The van der Waals surface area contributed by atoms with Gasteiger partial charge in [-0.25, -0.2) is 0 Å². The van der Waals surface area contributed by atoms with Gasteiger partial charge in [-0.3, -0.25) is 0 Å². The monoisotopic (exact) mass is 463 g/mol. The summed E-state index contributed by atoms with van der Waals surface area (Å²) in [5.41, 5.74) is -2.15. The number of aryl methyl sites for hydroxylation is 1. The molecule has 0 aliphatic heterocycles. The number of aromatic nitrogens is 1. The molecule has 2 nitrogen and oxygen atoms in total. The van der Waals surface area contributed by atoms with E-state index in [1.165, 1.54) is 12.1 Å². The molecular weight excluding hydrogens is 444 g/mol. The molecule has 0 unspecified atom stereocenters. The van der Waals surface area contributed by atoms with Crippen LogP contribution in [0.2, 0.25) is 0 Å². The Hall–Kier alpha value is -3.26. The second-order valence-electron chi connectivity index (χ2n) is 7.92. The second kappa shape index (κ2) is 7.95. The van der Waals surface area contributed by atoms with Crippen LogP contribution in [0.25, 0.3) is 22.0 Å². The molecule has 0 bridgehead atoms. The standard InChI is InChI=1S/C25H19F6NO/c1-16-12-20-14-21(23(33,24(26,27)28)25(29,30)31)10-11-22(20)32(16)15-17-6-5-9-19(13-17)18-7-3-2-4-8-18/h2-14,33H,15H2,1H3. The van der Waals surface area contributed by atoms with Gasteiger partial charge < -0.3 is 9.67 Å². The summed E-state index contributed by atoms with van der Waals surface area (Å²) < 4.78 is 81.4. The van der Waals surface area contributed by atoms with Crippen LogP contribution in [0.4, 0.5) is 26.3 Å². The zero-order valence-electron chi connectivity index (χ0n) is 17.4. The third-order valence-electron chi connectivity index (χ3n) is 5.72. The van der Waals surface area contributed by atoms with E-state index >= 15 is 0 Å². The van der Waals surface area contributed by atoms with E-state index in [9.17, 15) is 31.4 Å². The third-order valence-corrected chi connectivity index (χ3v) is 5.72. The highest BCUT2D eigenvalue weighted by Gasteiger charge is 2.71. The highest BCUT2D eigenvalue weighted by Crippen LogP contribution is 2.50. The molecule has 8 heteroatoms. The molecule has 0 amide bonds. The number of rotatable bonds is 4. The van der Waals surface area contributed by atoms with Crippen LogP contribution >= 0.6 is 0 Å². The molecule has 0 aliphatic rings. The minimum atomic E-state index is -5.92. The molecule has 1 N–H and O–H groups in total. The van der Waals surface area contributed by atoms with Crippen LogP contribution in [0, 0.1) is 6.92 Å². The van der Waals surface area contributed by atoms with Crippen LogP contribution in [0.15, 0.2) is 78.9 Å². The second-order valence-corrected chi connectivity index (χ2v) is 7.92. The number of alkyl halides is 6. The molecule has 0 fully saturated rings. The van der Waals surface area contributed by atoms with Crippen LogP contribution in [-0.4, -0.2) is 22.0 Å². The maximum Gasteiger partial charge on any atom is 0.430 e. The summed E-state index contributed by atoms with van der Waals surface area (Å²) in [4.78, 5) is 0. The molecule has 3 aromatic carbocycles. The quantitative estimate of drug-likeness (QED) is 0.325. The van der Waals surface area contributed by atoms with Gasteiger partial charge >= 0.3 is 12.4 Å². The van der Waals surface area contributed by atoms with Crippen LogP contribution in [0.1, 0.15) is 16.8 Å². The van der Waals surface area contributed by atoms with E-state index in [1.54, 1.807) is 6.92 Å². The zero-order chi connectivity index (χ0) is 24.0. The molecule has 0 saturated heterocycles. The summed E-state index contributed by atoms with van der Waals surface area (Å²) in [5, 5.41) is 9.89. The number of nitrogens with zero attached hydrogens (tertiary/aromatic N) is 1. The SMILES string of the molecule is Cc1cc2cc(C(O)(C(F)(F)F)C(F)(F)F)ccc2n1Cc1cccc(-c2ccccc2)c1. The van der Waals surface area contributed by atoms with Crippen molar-refractivity contribution in [2.45, 2.75) is 31.4 Å². The first-order valence-corrected chi connectivity index (χ1v) is 10.0. The number of benzene rings is 3. The molecule has 172 valence electrons. The highest BCUT2D eigenvalue weighted by molar-refractivity contribution is 5.82. The molecule has 1 aromatic heterocycles. The van der Waals surface area contributed by atoms with E-state index in [4.69, 9.17) is 0 Å². The lowest BCUT2D eigenvalue weighted by molar-refractivity contribution is -0.376. The Labute approximate surface area is 185 Å². The molecule has 4 aromatic rings. The van der Waals surface area contributed by atoms with Gasteiger partial charge in [-0.05, 0) is 47.9 Å². The van der Waals surface area contributed by atoms with Gasteiger partial charge in [-0.15, -0.1) is 0 Å². The van der Waals surface area contributed by atoms with Crippen molar-refractivity contribution in [1.29, 1.82) is 0 Å². The summed E-state index contributed by atoms with van der Waals surface area (Å²) >= 11 is 0. The Morgan fingerprint density at radius 3 is 2.00 bits per heavy atom. The molecular formula is C25H19F6NO. The molecule has 0 radical (unpaired) electrons. The van der Waals surface area contributed by atoms with Crippen LogP contribution < -0.4 is 0 Å².